The topological polar surface area (TPSA) is 29.5 Å². The minimum atomic E-state index is 0.0768. The molecule has 164 valence electrons. The second-order valence-electron chi connectivity index (χ2n) is 8.47. The van der Waals surface area contributed by atoms with E-state index in [1.165, 1.54) is 116 Å². The van der Waals surface area contributed by atoms with Crippen LogP contribution in [0.4, 0.5) is 0 Å². The van der Waals surface area contributed by atoms with Crippen molar-refractivity contribution >= 4 is 0 Å². The quantitative estimate of drug-likeness (QED) is 0.180. The van der Waals surface area contributed by atoms with E-state index in [9.17, 15) is 5.11 Å². The minimum absolute atomic E-state index is 0.0768. The highest BCUT2D eigenvalue weighted by Crippen LogP contribution is 2.14. The molecule has 0 aromatic heterocycles. The molecular formula is C25H52O2. The average Bonchev–Trinajstić information content (AvgIpc) is 2.69. The third kappa shape index (κ3) is 22.1. The molecule has 0 spiro atoms. The first-order valence-corrected chi connectivity index (χ1v) is 12.6. The van der Waals surface area contributed by atoms with E-state index in [-0.39, 0.29) is 12.7 Å². The Morgan fingerprint density at radius 2 is 0.889 bits per heavy atom. The predicted octanol–water partition coefficient (Wildman–Crippen LogP) is 8.21. The number of aliphatic hydroxyl groups excluding tert-OH is 1. The van der Waals surface area contributed by atoms with Crippen molar-refractivity contribution in [2.45, 2.75) is 148 Å². The molecule has 0 bridgehead atoms. The van der Waals surface area contributed by atoms with Gasteiger partial charge in [-0.2, -0.15) is 0 Å². The lowest BCUT2D eigenvalue weighted by Gasteiger charge is -2.15. The second kappa shape index (κ2) is 24.0. The minimum Gasteiger partial charge on any atom is -0.394 e. The van der Waals surface area contributed by atoms with E-state index in [1.54, 1.807) is 0 Å². The molecule has 0 fully saturated rings. The Morgan fingerprint density at radius 3 is 1.30 bits per heavy atom. The van der Waals surface area contributed by atoms with E-state index in [0.717, 1.165) is 19.4 Å². The molecule has 0 saturated carbocycles. The molecule has 0 radical (unpaired) electrons. The Morgan fingerprint density at radius 1 is 0.519 bits per heavy atom. The first-order chi connectivity index (χ1) is 13.3. The molecule has 0 aliphatic heterocycles. The van der Waals surface area contributed by atoms with Crippen LogP contribution in [-0.2, 0) is 4.74 Å². The lowest BCUT2D eigenvalue weighted by molar-refractivity contribution is 0.00504. The van der Waals surface area contributed by atoms with Gasteiger partial charge in [0.1, 0.15) is 0 Å². The molecule has 0 heterocycles. The van der Waals surface area contributed by atoms with Crippen molar-refractivity contribution in [1.29, 1.82) is 0 Å². The monoisotopic (exact) mass is 384 g/mol. The summed E-state index contributed by atoms with van der Waals surface area (Å²) in [6.45, 7) is 5.52. The van der Waals surface area contributed by atoms with Gasteiger partial charge in [-0.25, -0.2) is 0 Å². The third-order valence-electron chi connectivity index (χ3n) is 5.68. The van der Waals surface area contributed by atoms with Crippen molar-refractivity contribution in [3.63, 3.8) is 0 Å². The first-order valence-electron chi connectivity index (χ1n) is 12.6. The molecule has 0 aromatic rings. The maximum atomic E-state index is 9.34. The van der Waals surface area contributed by atoms with E-state index in [2.05, 4.69) is 13.8 Å². The van der Waals surface area contributed by atoms with Gasteiger partial charge in [0.25, 0.3) is 0 Å². The van der Waals surface area contributed by atoms with Crippen LogP contribution in [-0.4, -0.2) is 24.4 Å². The van der Waals surface area contributed by atoms with Crippen LogP contribution in [0.25, 0.3) is 0 Å². The molecule has 0 aliphatic carbocycles. The molecule has 0 amide bonds. The van der Waals surface area contributed by atoms with E-state index < -0.39 is 0 Å². The molecule has 0 aliphatic rings. The highest BCUT2D eigenvalue weighted by Gasteiger charge is 2.06. The van der Waals surface area contributed by atoms with Crippen LogP contribution in [0.5, 0.6) is 0 Å². The normalized spacial score (nSPS) is 12.6. The van der Waals surface area contributed by atoms with Crippen LogP contribution in [0, 0.1) is 0 Å². The van der Waals surface area contributed by atoms with Crippen molar-refractivity contribution < 1.29 is 9.84 Å². The average molecular weight is 385 g/mol. The molecule has 27 heavy (non-hydrogen) atoms. The zero-order valence-electron chi connectivity index (χ0n) is 19.0. The molecule has 2 heteroatoms. The van der Waals surface area contributed by atoms with Gasteiger partial charge >= 0.3 is 0 Å². The maximum Gasteiger partial charge on any atom is 0.0805 e. The fourth-order valence-electron chi connectivity index (χ4n) is 3.75. The predicted molar refractivity (Wildman–Crippen MR) is 121 cm³/mol. The van der Waals surface area contributed by atoms with Crippen LogP contribution in [0.2, 0.25) is 0 Å². The Kier molecular flexibility index (Phi) is 23.9. The number of rotatable bonds is 23. The molecular weight excluding hydrogens is 332 g/mol. The Labute approximate surface area is 171 Å². The molecule has 0 rings (SSSR count). The number of aliphatic hydroxyl groups is 1. The summed E-state index contributed by atoms with van der Waals surface area (Å²) in [5, 5.41) is 9.34. The highest BCUT2D eigenvalue weighted by atomic mass is 16.5. The highest BCUT2D eigenvalue weighted by molar-refractivity contribution is 4.56. The van der Waals surface area contributed by atoms with Gasteiger partial charge in [0.15, 0.2) is 0 Å². The van der Waals surface area contributed by atoms with E-state index in [1.807, 2.05) is 0 Å². The summed E-state index contributed by atoms with van der Waals surface area (Å²) in [6, 6.07) is 0. The van der Waals surface area contributed by atoms with Crippen molar-refractivity contribution in [1.82, 2.24) is 0 Å². The zero-order chi connectivity index (χ0) is 19.8. The Hall–Kier alpha value is -0.0800. The van der Waals surface area contributed by atoms with E-state index >= 15 is 0 Å². The van der Waals surface area contributed by atoms with Crippen LogP contribution in [0.1, 0.15) is 142 Å². The van der Waals surface area contributed by atoms with Crippen molar-refractivity contribution in [2.24, 2.45) is 0 Å². The van der Waals surface area contributed by atoms with Gasteiger partial charge in [-0.15, -0.1) is 0 Å². The summed E-state index contributed by atoms with van der Waals surface area (Å²) in [5.74, 6) is 0. The number of unbranched alkanes of at least 4 members (excludes halogenated alkanes) is 17. The zero-order valence-corrected chi connectivity index (χ0v) is 19.0. The fraction of sp³-hybridized carbons (Fsp3) is 1.00. The van der Waals surface area contributed by atoms with Crippen LogP contribution in [0.3, 0.4) is 0 Å². The third-order valence-corrected chi connectivity index (χ3v) is 5.68. The summed E-state index contributed by atoms with van der Waals surface area (Å²) >= 11 is 0. The summed E-state index contributed by atoms with van der Waals surface area (Å²) in [5.41, 5.74) is 0. The summed E-state index contributed by atoms with van der Waals surface area (Å²) < 4.78 is 5.81. The lowest BCUT2D eigenvalue weighted by Crippen LogP contribution is -2.18. The fourth-order valence-corrected chi connectivity index (χ4v) is 3.75. The number of ether oxygens (including phenoxy) is 1. The number of hydrogen-bond donors (Lipinski definition) is 1. The molecule has 1 N–H and O–H groups in total. The van der Waals surface area contributed by atoms with Crippen molar-refractivity contribution in [2.75, 3.05) is 13.2 Å². The molecule has 1 atom stereocenters. The van der Waals surface area contributed by atoms with Crippen molar-refractivity contribution in [3.05, 3.63) is 0 Å². The van der Waals surface area contributed by atoms with Gasteiger partial charge in [-0.1, -0.05) is 129 Å². The largest absolute Gasteiger partial charge is 0.394 e. The van der Waals surface area contributed by atoms with Gasteiger partial charge in [0.05, 0.1) is 12.7 Å². The summed E-state index contributed by atoms with van der Waals surface area (Å²) in [4.78, 5) is 0. The molecule has 0 saturated heterocycles. The Bertz CT molecular complexity index is 255. The van der Waals surface area contributed by atoms with Gasteiger partial charge in [-0.3, -0.25) is 0 Å². The Balaban J connectivity index is 3.14. The maximum absolute atomic E-state index is 9.34. The second-order valence-corrected chi connectivity index (χ2v) is 8.47. The SMILES string of the molecule is CCCCCCCCCCCCCCCCCCOC(CO)CCCCC. The first kappa shape index (κ1) is 26.9. The van der Waals surface area contributed by atoms with E-state index in [0.29, 0.717) is 0 Å². The van der Waals surface area contributed by atoms with Crippen LogP contribution < -0.4 is 0 Å². The van der Waals surface area contributed by atoms with Crippen molar-refractivity contribution in [3.8, 4) is 0 Å². The smallest absolute Gasteiger partial charge is 0.0805 e. The molecule has 2 nitrogen and oxygen atoms in total. The van der Waals surface area contributed by atoms with Crippen LogP contribution in [0.15, 0.2) is 0 Å². The molecule has 1 unspecified atom stereocenters. The van der Waals surface area contributed by atoms with Gasteiger partial charge in [-0.05, 0) is 12.8 Å². The molecule has 0 aromatic carbocycles. The summed E-state index contributed by atoms with van der Waals surface area (Å²) in [6.07, 6.45) is 27.2. The van der Waals surface area contributed by atoms with E-state index in [4.69, 9.17) is 4.74 Å². The summed E-state index contributed by atoms with van der Waals surface area (Å²) in [7, 11) is 0. The van der Waals surface area contributed by atoms with Gasteiger partial charge < -0.3 is 9.84 Å². The number of hydrogen-bond acceptors (Lipinski definition) is 2. The van der Waals surface area contributed by atoms with Crippen LogP contribution >= 0.6 is 0 Å². The standard InChI is InChI=1S/C25H52O2/c1-3-5-7-8-9-10-11-12-13-14-15-16-17-18-19-21-23-27-25(24-26)22-20-6-4-2/h25-26H,3-24H2,1-2H3. The van der Waals surface area contributed by atoms with Gasteiger partial charge in [0, 0.05) is 6.61 Å². The van der Waals surface area contributed by atoms with Gasteiger partial charge in [0.2, 0.25) is 0 Å². The lowest BCUT2D eigenvalue weighted by atomic mass is 10.0.